The van der Waals surface area contributed by atoms with Crippen LogP contribution >= 0.6 is 0 Å². The Labute approximate surface area is 122 Å². The summed E-state index contributed by atoms with van der Waals surface area (Å²) in [4.78, 5) is 9.46. The molecule has 4 nitrogen and oxygen atoms in total. The summed E-state index contributed by atoms with van der Waals surface area (Å²) in [6.45, 7) is 6.95. The Morgan fingerprint density at radius 2 is 2.00 bits per heavy atom. The molecule has 2 aliphatic rings. The number of piperazine rings is 1. The van der Waals surface area contributed by atoms with Crippen molar-refractivity contribution < 1.29 is 0 Å². The molecule has 2 aliphatic heterocycles. The van der Waals surface area contributed by atoms with E-state index >= 15 is 0 Å². The highest BCUT2D eigenvalue weighted by Crippen LogP contribution is 2.14. The maximum atomic E-state index is 4.45. The lowest BCUT2D eigenvalue weighted by Crippen LogP contribution is -2.50. The number of rotatable bonds is 3. The number of anilines is 1. The van der Waals surface area contributed by atoms with E-state index in [0.717, 1.165) is 32.0 Å². The van der Waals surface area contributed by atoms with Crippen LogP contribution < -0.4 is 10.2 Å². The second-order valence-electron chi connectivity index (χ2n) is 5.98. The first kappa shape index (κ1) is 13.8. The quantitative estimate of drug-likeness (QED) is 0.910. The van der Waals surface area contributed by atoms with Gasteiger partial charge in [-0.25, -0.2) is 4.98 Å². The van der Waals surface area contributed by atoms with Crippen molar-refractivity contribution in [1.29, 1.82) is 0 Å². The summed E-state index contributed by atoms with van der Waals surface area (Å²) in [5.74, 6) is 1.12. The zero-order chi connectivity index (χ0) is 13.6. The molecule has 3 heterocycles. The lowest BCUT2D eigenvalue weighted by Gasteiger charge is -2.37. The molecule has 1 atom stereocenters. The lowest BCUT2D eigenvalue weighted by molar-refractivity contribution is 0.226. The van der Waals surface area contributed by atoms with Crippen LogP contribution in [0.1, 0.15) is 25.7 Å². The van der Waals surface area contributed by atoms with Crippen LogP contribution in [0.5, 0.6) is 0 Å². The molecule has 0 saturated carbocycles. The molecule has 0 aromatic carbocycles. The zero-order valence-corrected chi connectivity index (χ0v) is 12.3. The summed E-state index contributed by atoms with van der Waals surface area (Å²) in [5, 5.41) is 3.70. The molecular weight excluding hydrogens is 248 g/mol. The third-order valence-corrected chi connectivity index (χ3v) is 4.49. The first-order valence-corrected chi connectivity index (χ1v) is 8.03. The van der Waals surface area contributed by atoms with E-state index in [1.165, 1.54) is 38.8 Å². The van der Waals surface area contributed by atoms with Crippen molar-refractivity contribution >= 4 is 5.82 Å². The number of nitrogens with one attached hydrogen (secondary N) is 1. The molecule has 20 heavy (non-hydrogen) atoms. The van der Waals surface area contributed by atoms with Crippen molar-refractivity contribution in [2.24, 2.45) is 0 Å². The molecule has 1 aromatic rings. The normalized spacial score (nSPS) is 25.4. The SMILES string of the molecule is c1ccc(N2CCN(CC3CCCCCN3)CC2)nc1. The van der Waals surface area contributed by atoms with Gasteiger partial charge in [0.1, 0.15) is 5.82 Å². The molecule has 1 N–H and O–H groups in total. The zero-order valence-electron chi connectivity index (χ0n) is 12.3. The number of aromatic nitrogens is 1. The van der Waals surface area contributed by atoms with Gasteiger partial charge in [-0.05, 0) is 31.5 Å². The van der Waals surface area contributed by atoms with E-state index in [2.05, 4.69) is 32.2 Å². The van der Waals surface area contributed by atoms with Gasteiger partial charge in [0.25, 0.3) is 0 Å². The molecule has 0 bridgehead atoms. The van der Waals surface area contributed by atoms with E-state index < -0.39 is 0 Å². The van der Waals surface area contributed by atoms with Crippen LogP contribution in [-0.2, 0) is 0 Å². The van der Waals surface area contributed by atoms with Gasteiger partial charge in [0.15, 0.2) is 0 Å². The average molecular weight is 274 g/mol. The van der Waals surface area contributed by atoms with Crippen molar-refractivity contribution in [3.05, 3.63) is 24.4 Å². The van der Waals surface area contributed by atoms with Gasteiger partial charge in [-0.2, -0.15) is 0 Å². The molecule has 0 amide bonds. The van der Waals surface area contributed by atoms with Crippen LogP contribution in [0.4, 0.5) is 5.82 Å². The topological polar surface area (TPSA) is 31.4 Å². The van der Waals surface area contributed by atoms with Gasteiger partial charge < -0.3 is 10.2 Å². The Balaban J connectivity index is 1.46. The van der Waals surface area contributed by atoms with Crippen molar-refractivity contribution in [3.63, 3.8) is 0 Å². The van der Waals surface area contributed by atoms with Crippen LogP contribution in [-0.4, -0.2) is 55.2 Å². The molecule has 1 aromatic heterocycles. The minimum absolute atomic E-state index is 0.707. The molecule has 3 rings (SSSR count). The summed E-state index contributed by atoms with van der Waals surface area (Å²) >= 11 is 0. The molecule has 2 saturated heterocycles. The van der Waals surface area contributed by atoms with Crippen molar-refractivity contribution in [2.45, 2.75) is 31.7 Å². The van der Waals surface area contributed by atoms with E-state index in [0.29, 0.717) is 6.04 Å². The average Bonchev–Trinajstić information content (AvgIpc) is 2.78. The third-order valence-electron chi connectivity index (χ3n) is 4.49. The van der Waals surface area contributed by atoms with Crippen LogP contribution in [0, 0.1) is 0 Å². The summed E-state index contributed by atoms with van der Waals surface area (Å²) in [6.07, 6.45) is 7.38. The summed E-state index contributed by atoms with van der Waals surface area (Å²) in [6, 6.07) is 6.88. The van der Waals surface area contributed by atoms with Gasteiger partial charge in [0.05, 0.1) is 0 Å². The fraction of sp³-hybridized carbons (Fsp3) is 0.688. The fourth-order valence-corrected chi connectivity index (χ4v) is 3.27. The largest absolute Gasteiger partial charge is 0.354 e. The van der Waals surface area contributed by atoms with Crippen LogP contribution in [0.15, 0.2) is 24.4 Å². The Hall–Kier alpha value is -1.13. The first-order chi connectivity index (χ1) is 9.92. The highest BCUT2D eigenvalue weighted by molar-refractivity contribution is 5.38. The first-order valence-electron chi connectivity index (χ1n) is 8.03. The third kappa shape index (κ3) is 3.70. The van der Waals surface area contributed by atoms with E-state index in [4.69, 9.17) is 0 Å². The molecule has 110 valence electrons. The smallest absolute Gasteiger partial charge is 0.128 e. The maximum absolute atomic E-state index is 4.45. The second-order valence-corrected chi connectivity index (χ2v) is 5.98. The van der Waals surface area contributed by atoms with Crippen molar-refractivity contribution in [3.8, 4) is 0 Å². The highest BCUT2D eigenvalue weighted by atomic mass is 15.3. The molecule has 1 unspecified atom stereocenters. The van der Waals surface area contributed by atoms with Crippen LogP contribution in [0.3, 0.4) is 0 Å². The molecule has 2 fully saturated rings. The van der Waals surface area contributed by atoms with E-state index in [1.807, 2.05) is 12.3 Å². The van der Waals surface area contributed by atoms with Gasteiger partial charge in [0, 0.05) is 45.0 Å². The minimum atomic E-state index is 0.707. The fourth-order valence-electron chi connectivity index (χ4n) is 3.27. The molecule has 0 aliphatic carbocycles. The van der Waals surface area contributed by atoms with Crippen molar-refractivity contribution in [1.82, 2.24) is 15.2 Å². The van der Waals surface area contributed by atoms with Gasteiger partial charge in [-0.3, -0.25) is 4.90 Å². The number of nitrogens with zero attached hydrogens (tertiary/aromatic N) is 3. The van der Waals surface area contributed by atoms with Crippen molar-refractivity contribution in [2.75, 3.05) is 44.2 Å². The van der Waals surface area contributed by atoms with E-state index in [1.54, 1.807) is 0 Å². The number of hydrogen-bond acceptors (Lipinski definition) is 4. The summed E-state index contributed by atoms with van der Waals surface area (Å²) < 4.78 is 0. The predicted octanol–water partition coefficient (Wildman–Crippen LogP) is 1.74. The maximum Gasteiger partial charge on any atom is 0.128 e. The highest BCUT2D eigenvalue weighted by Gasteiger charge is 2.21. The number of hydrogen-bond donors (Lipinski definition) is 1. The summed E-state index contributed by atoms with van der Waals surface area (Å²) in [7, 11) is 0. The molecule has 0 radical (unpaired) electrons. The van der Waals surface area contributed by atoms with Crippen LogP contribution in [0.25, 0.3) is 0 Å². The molecule has 4 heteroatoms. The standard InChI is InChI=1S/C16H26N4/c1-2-6-15(17-8-4-1)14-19-10-12-20(13-11-19)16-7-3-5-9-18-16/h3,5,7,9,15,17H,1-2,4,6,8,10-14H2. The molecular formula is C16H26N4. The summed E-state index contributed by atoms with van der Waals surface area (Å²) in [5.41, 5.74) is 0. The lowest BCUT2D eigenvalue weighted by atomic mass is 10.1. The van der Waals surface area contributed by atoms with Crippen LogP contribution in [0.2, 0.25) is 0 Å². The monoisotopic (exact) mass is 274 g/mol. The Bertz CT molecular complexity index is 379. The van der Waals surface area contributed by atoms with Gasteiger partial charge >= 0.3 is 0 Å². The Kier molecular flexibility index (Phi) is 4.87. The van der Waals surface area contributed by atoms with E-state index in [9.17, 15) is 0 Å². The van der Waals surface area contributed by atoms with Gasteiger partial charge in [-0.1, -0.05) is 18.9 Å². The second kappa shape index (κ2) is 7.04. The van der Waals surface area contributed by atoms with Gasteiger partial charge in [0.2, 0.25) is 0 Å². The Morgan fingerprint density at radius 3 is 2.80 bits per heavy atom. The van der Waals surface area contributed by atoms with Gasteiger partial charge in [-0.15, -0.1) is 0 Å². The molecule has 0 spiro atoms. The predicted molar refractivity (Wildman–Crippen MR) is 83.1 cm³/mol. The Morgan fingerprint density at radius 1 is 1.10 bits per heavy atom. The number of pyridine rings is 1. The minimum Gasteiger partial charge on any atom is -0.354 e. The van der Waals surface area contributed by atoms with E-state index in [-0.39, 0.29) is 0 Å².